The summed E-state index contributed by atoms with van der Waals surface area (Å²) in [6.45, 7) is 1.62. The highest BCUT2D eigenvalue weighted by Crippen LogP contribution is 2.33. The fourth-order valence-electron chi connectivity index (χ4n) is 2.25. The molecule has 102 valence electrons. The lowest BCUT2D eigenvalue weighted by molar-refractivity contribution is -0.131. The summed E-state index contributed by atoms with van der Waals surface area (Å²) in [5.74, 6) is -1.44. The number of nitrogens with zero attached hydrogens (tertiary/aromatic N) is 4. The van der Waals surface area contributed by atoms with E-state index < -0.39 is 24.2 Å². The van der Waals surface area contributed by atoms with Gasteiger partial charge in [0.25, 0.3) is 0 Å². The molecule has 1 saturated heterocycles. The van der Waals surface area contributed by atoms with Gasteiger partial charge in [-0.3, -0.25) is 10.3 Å². The molecule has 19 heavy (non-hydrogen) atoms. The van der Waals surface area contributed by atoms with Crippen LogP contribution < -0.4 is 11.5 Å². The van der Waals surface area contributed by atoms with Crippen LogP contribution in [-0.2, 0) is 10.6 Å². The predicted octanol–water partition coefficient (Wildman–Crippen LogP) is -1.88. The van der Waals surface area contributed by atoms with E-state index in [2.05, 4.69) is 15.0 Å². The summed E-state index contributed by atoms with van der Waals surface area (Å²) in [7, 11) is 0. The van der Waals surface area contributed by atoms with Crippen LogP contribution in [0.3, 0.4) is 0 Å². The first-order chi connectivity index (χ1) is 8.95. The van der Waals surface area contributed by atoms with Gasteiger partial charge in [0.1, 0.15) is 30.4 Å². The summed E-state index contributed by atoms with van der Waals surface area (Å²) in [6.07, 6.45) is -0.404. The predicted molar refractivity (Wildman–Crippen MR) is 64.5 cm³/mol. The monoisotopic (exact) mass is 266 g/mol. The van der Waals surface area contributed by atoms with Crippen molar-refractivity contribution in [3.8, 4) is 0 Å². The first-order valence-electron chi connectivity index (χ1n) is 5.72. The Bertz CT molecular complexity index is 631. The number of aliphatic hydroxyl groups excluding tert-OH is 2. The second-order valence-electron chi connectivity index (χ2n) is 4.56. The van der Waals surface area contributed by atoms with Gasteiger partial charge in [-0.05, 0) is 6.92 Å². The molecule has 1 fully saturated rings. The van der Waals surface area contributed by atoms with Crippen LogP contribution in [0.1, 0.15) is 6.92 Å². The normalized spacial score (nSPS) is 35.1. The minimum Gasteiger partial charge on any atom is -0.387 e. The Morgan fingerprint density at radius 2 is 2.11 bits per heavy atom. The minimum absolute atomic E-state index is 0.202. The van der Waals surface area contributed by atoms with Crippen LogP contribution in [0.15, 0.2) is 12.7 Å². The molecule has 0 bridgehead atoms. The second kappa shape index (κ2) is 3.84. The quantitative estimate of drug-likeness (QED) is 0.469. The molecule has 0 aliphatic carbocycles. The first-order valence-corrected chi connectivity index (χ1v) is 5.72. The van der Waals surface area contributed by atoms with Crippen molar-refractivity contribution >= 4 is 17.0 Å². The molecule has 0 unspecified atom stereocenters. The third-order valence-electron chi connectivity index (χ3n) is 3.34. The number of fused-ring (bicyclic) bond motifs is 1. The molecule has 6 N–H and O–H groups in total. The molecule has 1 aliphatic heterocycles. The van der Waals surface area contributed by atoms with Gasteiger partial charge in [-0.25, -0.2) is 15.0 Å². The number of ether oxygens (including phenoxy) is 1. The van der Waals surface area contributed by atoms with Crippen LogP contribution in [0.5, 0.6) is 0 Å². The summed E-state index contributed by atoms with van der Waals surface area (Å²) in [4.78, 5) is 11.9. The number of hydrogen-bond acceptors (Lipinski definition) is 8. The number of hydrogen-bond donors (Lipinski definition) is 4. The number of nitrogens with two attached hydrogens (primary N) is 2. The zero-order valence-corrected chi connectivity index (χ0v) is 10.1. The van der Waals surface area contributed by atoms with Crippen molar-refractivity contribution in [2.75, 3.05) is 5.73 Å². The Morgan fingerprint density at radius 3 is 2.74 bits per heavy atom. The fourth-order valence-corrected chi connectivity index (χ4v) is 2.25. The minimum atomic E-state index is -1.64. The van der Waals surface area contributed by atoms with Crippen molar-refractivity contribution in [3.05, 3.63) is 12.7 Å². The lowest BCUT2D eigenvalue weighted by Gasteiger charge is -2.28. The molecule has 0 radical (unpaired) electrons. The van der Waals surface area contributed by atoms with Gasteiger partial charge in [0.15, 0.2) is 11.5 Å². The van der Waals surface area contributed by atoms with Crippen molar-refractivity contribution < 1.29 is 14.9 Å². The molecule has 2 aromatic rings. The largest absolute Gasteiger partial charge is 0.387 e. The molecular formula is C10H14N6O3. The summed E-state index contributed by atoms with van der Waals surface area (Å²) in [5.41, 5.74) is 12.4. The third-order valence-corrected chi connectivity index (χ3v) is 3.34. The average molecular weight is 266 g/mol. The summed E-state index contributed by atoms with van der Waals surface area (Å²) in [6, 6.07) is 0. The third kappa shape index (κ3) is 1.53. The van der Waals surface area contributed by atoms with Crippen LogP contribution in [0.2, 0.25) is 0 Å². The van der Waals surface area contributed by atoms with Crippen molar-refractivity contribution in [2.24, 2.45) is 5.73 Å². The Balaban J connectivity index is 2.17. The number of rotatable bonds is 1. The molecule has 0 saturated carbocycles. The highest BCUT2D eigenvalue weighted by molar-refractivity contribution is 5.81. The van der Waals surface area contributed by atoms with Crippen molar-refractivity contribution in [3.63, 3.8) is 0 Å². The summed E-state index contributed by atoms with van der Waals surface area (Å²) in [5, 5.41) is 19.8. The maximum Gasteiger partial charge on any atom is 0.231 e. The van der Waals surface area contributed by atoms with Crippen LogP contribution in [0.25, 0.3) is 11.2 Å². The van der Waals surface area contributed by atoms with Crippen molar-refractivity contribution in [2.45, 2.75) is 31.1 Å². The van der Waals surface area contributed by atoms with Gasteiger partial charge in [-0.2, -0.15) is 0 Å². The summed E-state index contributed by atoms with van der Waals surface area (Å²) >= 11 is 0. The average Bonchev–Trinajstić information content (AvgIpc) is 2.89. The van der Waals surface area contributed by atoms with Gasteiger partial charge in [0, 0.05) is 0 Å². The highest BCUT2D eigenvalue weighted by Gasteiger charge is 2.52. The Labute approximate surface area is 107 Å². The molecule has 9 heteroatoms. The Kier molecular flexibility index (Phi) is 2.47. The zero-order valence-electron chi connectivity index (χ0n) is 10.1. The van der Waals surface area contributed by atoms with E-state index in [-0.39, 0.29) is 5.82 Å². The van der Waals surface area contributed by atoms with Gasteiger partial charge in [-0.15, -0.1) is 0 Å². The highest BCUT2D eigenvalue weighted by atomic mass is 16.6. The number of anilines is 1. The van der Waals surface area contributed by atoms with Crippen LogP contribution in [0, 0.1) is 0 Å². The van der Waals surface area contributed by atoms with E-state index in [4.69, 9.17) is 16.2 Å². The van der Waals surface area contributed by atoms with E-state index >= 15 is 0 Å². The zero-order chi connectivity index (χ0) is 13.8. The molecule has 0 amide bonds. The standard InChI is InChI=1S/C10H14N6O3/c1-4-6(17)7(18)10(12,19-4)16-3-15-5-8(11)13-2-14-9(5)16/h2-4,6-7,17-18H,12H2,1H3,(H2,11,13,14)/t4-,6-,7-,10+/m1/s1. The van der Waals surface area contributed by atoms with Crippen LogP contribution >= 0.6 is 0 Å². The van der Waals surface area contributed by atoms with Gasteiger partial charge in [0.05, 0.1) is 6.10 Å². The molecule has 3 rings (SSSR count). The second-order valence-corrected chi connectivity index (χ2v) is 4.56. The maximum absolute atomic E-state index is 10.1. The van der Waals surface area contributed by atoms with E-state index in [1.165, 1.54) is 17.2 Å². The SMILES string of the molecule is C[C@H]1O[C@@](N)(n2cnc3c(N)ncnc32)[C@H](O)[C@@H]1O. The van der Waals surface area contributed by atoms with Crippen LogP contribution in [0.4, 0.5) is 5.82 Å². The number of imidazole rings is 1. The first kappa shape index (κ1) is 12.2. The van der Waals surface area contributed by atoms with Gasteiger partial charge in [-0.1, -0.05) is 0 Å². The lowest BCUT2D eigenvalue weighted by Crippen LogP contribution is -2.52. The molecule has 1 aliphatic rings. The Hall–Kier alpha value is -1.81. The van der Waals surface area contributed by atoms with Gasteiger partial charge in [0.2, 0.25) is 5.85 Å². The van der Waals surface area contributed by atoms with E-state index in [1.54, 1.807) is 6.92 Å². The van der Waals surface area contributed by atoms with E-state index in [1.807, 2.05) is 0 Å². The molecule has 4 atom stereocenters. The van der Waals surface area contributed by atoms with Gasteiger partial charge >= 0.3 is 0 Å². The van der Waals surface area contributed by atoms with Crippen molar-refractivity contribution in [1.29, 1.82) is 0 Å². The smallest absolute Gasteiger partial charge is 0.231 e. The molecular weight excluding hydrogens is 252 g/mol. The maximum atomic E-state index is 10.1. The molecule has 0 aromatic carbocycles. The van der Waals surface area contributed by atoms with Crippen LogP contribution in [-0.4, -0.2) is 48.0 Å². The molecule has 3 heterocycles. The number of aliphatic hydroxyl groups is 2. The molecule has 2 aromatic heterocycles. The van der Waals surface area contributed by atoms with E-state index in [0.29, 0.717) is 11.2 Å². The molecule has 0 spiro atoms. The topological polar surface area (TPSA) is 145 Å². The number of aromatic nitrogens is 4. The molecule has 9 nitrogen and oxygen atoms in total. The lowest BCUT2D eigenvalue weighted by atomic mass is 10.1. The number of nitrogen functional groups attached to an aromatic ring is 1. The fraction of sp³-hybridized carbons (Fsp3) is 0.500. The Morgan fingerprint density at radius 1 is 1.37 bits per heavy atom. The van der Waals surface area contributed by atoms with Crippen molar-refractivity contribution in [1.82, 2.24) is 19.5 Å². The van der Waals surface area contributed by atoms with E-state index in [0.717, 1.165) is 0 Å². The van der Waals surface area contributed by atoms with Gasteiger partial charge < -0.3 is 20.7 Å². The van der Waals surface area contributed by atoms with E-state index in [9.17, 15) is 10.2 Å². The summed E-state index contributed by atoms with van der Waals surface area (Å²) < 4.78 is 6.81.